The number of benzene rings is 6. The summed E-state index contributed by atoms with van der Waals surface area (Å²) in [5.74, 6) is -4.57. The second kappa shape index (κ2) is 13.5. The van der Waals surface area contributed by atoms with Gasteiger partial charge >= 0.3 is 0 Å². The van der Waals surface area contributed by atoms with Crippen molar-refractivity contribution in [3.8, 4) is 45.6 Å². The first-order valence-corrected chi connectivity index (χ1v) is 16.7. The van der Waals surface area contributed by atoms with Gasteiger partial charge in [-0.3, -0.25) is 9.98 Å². The Hall–Kier alpha value is -6.16. The standard InChI is InChI=1S/C42H38F2N2O6/c1-19(2)31-23-15-21(5)33(39(49)35(23)25(37(47)41(31)51)17-45-29-13-9-7-11-27(29)43)34-22(6)16-24-32(20(3)4)42(52)38(48)26(36(24)40(34)50)18-46-30-14-10-8-12-28(30)44/h7-20,47-52H,1-6H3. The Morgan fingerprint density at radius 2 is 0.865 bits per heavy atom. The van der Waals surface area contributed by atoms with Crippen LogP contribution in [-0.2, 0) is 0 Å². The topological polar surface area (TPSA) is 146 Å². The molecule has 0 radical (unpaired) electrons. The summed E-state index contributed by atoms with van der Waals surface area (Å²) >= 11 is 0. The Morgan fingerprint density at radius 1 is 0.519 bits per heavy atom. The number of halogens is 2. The second-order valence-corrected chi connectivity index (χ2v) is 13.5. The second-order valence-electron chi connectivity index (χ2n) is 13.5. The van der Waals surface area contributed by atoms with Gasteiger partial charge in [0.05, 0.1) is 22.5 Å². The van der Waals surface area contributed by atoms with Gasteiger partial charge < -0.3 is 30.6 Å². The molecule has 6 aromatic rings. The normalized spacial score (nSPS) is 12.1. The van der Waals surface area contributed by atoms with Crippen LogP contribution in [0.25, 0.3) is 32.7 Å². The molecule has 0 atom stereocenters. The Bertz CT molecular complexity index is 2310. The van der Waals surface area contributed by atoms with E-state index in [1.165, 1.54) is 48.8 Å². The lowest BCUT2D eigenvalue weighted by Gasteiger charge is -2.23. The zero-order valence-electron chi connectivity index (χ0n) is 29.4. The van der Waals surface area contributed by atoms with Crippen molar-refractivity contribution >= 4 is 45.3 Å². The zero-order chi connectivity index (χ0) is 37.8. The summed E-state index contributed by atoms with van der Waals surface area (Å²) in [6.45, 7) is 10.7. The quantitative estimate of drug-likeness (QED) is 0.0720. The summed E-state index contributed by atoms with van der Waals surface area (Å²) in [5, 5.41) is 70.6. The summed E-state index contributed by atoms with van der Waals surface area (Å²) in [6.07, 6.45) is 2.33. The van der Waals surface area contributed by atoms with Gasteiger partial charge in [0.15, 0.2) is 23.0 Å². The Kier molecular flexibility index (Phi) is 9.27. The summed E-state index contributed by atoms with van der Waals surface area (Å²) in [5.41, 5.74) is 1.78. The number of phenolic OH excluding ortho intramolecular Hbond substituents is 6. The largest absolute Gasteiger partial charge is 0.507 e. The van der Waals surface area contributed by atoms with Crippen LogP contribution in [0.2, 0.25) is 0 Å². The minimum absolute atomic E-state index is 0.0362. The van der Waals surface area contributed by atoms with Crippen molar-refractivity contribution in [3.05, 3.63) is 106 Å². The molecular weight excluding hydrogens is 666 g/mol. The maximum Gasteiger partial charge on any atom is 0.167 e. The number of aliphatic imine (C=N–C) groups is 2. The highest BCUT2D eigenvalue weighted by atomic mass is 19.1. The van der Waals surface area contributed by atoms with Gasteiger partial charge in [0.2, 0.25) is 0 Å². The van der Waals surface area contributed by atoms with E-state index in [2.05, 4.69) is 9.98 Å². The third-order valence-corrected chi connectivity index (χ3v) is 9.36. The maximum atomic E-state index is 14.6. The predicted octanol–water partition coefficient (Wildman–Crippen LogP) is 10.5. The van der Waals surface area contributed by atoms with Gasteiger partial charge in [0.25, 0.3) is 0 Å². The van der Waals surface area contributed by atoms with Crippen LogP contribution in [0.1, 0.15) is 72.9 Å². The number of para-hydroxylation sites is 2. The number of fused-ring (bicyclic) bond motifs is 2. The van der Waals surface area contributed by atoms with E-state index in [1.54, 1.807) is 38.1 Å². The van der Waals surface area contributed by atoms with Gasteiger partial charge in [-0.25, -0.2) is 8.78 Å². The highest BCUT2D eigenvalue weighted by Gasteiger charge is 2.29. The molecule has 266 valence electrons. The highest BCUT2D eigenvalue weighted by Crippen LogP contribution is 2.54. The molecular formula is C42H38F2N2O6. The molecule has 10 heteroatoms. The molecule has 0 aliphatic heterocycles. The Balaban J connectivity index is 1.73. The van der Waals surface area contributed by atoms with E-state index in [0.29, 0.717) is 33.0 Å². The Morgan fingerprint density at radius 3 is 1.19 bits per heavy atom. The number of hydrogen-bond acceptors (Lipinski definition) is 8. The SMILES string of the molecule is Cc1cc2c(C(C)C)c(O)c(O)c(C=Nc3ccccc3F)c2c(O)c1-c1c(C)cc2c(C(C)C)c(O)c(O)c(C=Nc3ccccc3F)c2c1O. The van der Waals surface area contributed by atoms with Crippen LogP contribution < -0.4 is 0 Å². The molecule has 8 nitrogen and oxygen atoms in total. The zero-order valence-corrected chi connectivity index (χ0v) is 29.4. The molecule has 6 rings (SSSR count). The number of phenols is 6. The molecule has 0 fully saturated rings. The average molecular weight is 705 g/mol. The van der Waals surface area contributed by atoms with E-state index in [-0.39, 0.29) is 67.7 Å². The van der Waals surface area contributed by atoms with Crippen molar-refractivity contribution in [2.45, 2.75) is 53.4 Å². The first-order chi connectivity index (χ1) is 24.6. The minimum atomic E-state index is -0.618. The van der Waals surface area contributed by atoms with Crippen molar-refractivity contribution < 1.29 is 39.4 Å². The van der Waals surface area contributed by atoms with Crippen LogP contribution in [0.3, 0.4) is 0 Å². The fraction of sp³-hybridized carbons (Fsp3) is 0.190. The lowest BCUT2D eigenvalue weighted by atomic mass is 9.83. The monoisotopic (exact) mass is 704 g/mol. The molecule has 0 heterocycles. The van der Waals surface area contributed by atoms with E-state index in [9.17, 15) is 39.4 Å². The molecule has 0 saturated carbocycles. The smallest absolute Gasteiger partial charge is 0.167 e. The van der Waals surface area contributed by atoms with Gasteiger partial charge in [-0.15, -0.1) is 0 Å². The van der Waals surface area contributed by atoms with Gasteiger partial charge in [-0.1, -0.05) is 64.1 Å². The van der Waals surface area contributed by atoms with Crippen molar-refractivity contribution in [1.29, 1.82) is 0 Å². The number of nitrogens with zero attached hydrogens (tertiary/aromatic N) is 2. The fourth-order valence-electron chi connectivity index (χ4n) is 7.01. The third-order valence-electron chi connectivity index (χ3n) is 9.36. The van der Waals surface area contributed by atoms with Crippen LogP contribution in [-0.4, -0.2) is 43.1 Å². The van der Waals surface area contributed by atoms with Gasteiger partial charge in [-0.05, 0) is 71.8 Å². The van der Waals surface area contributed by atoms with Crippen LogP contribution in [0.4, 0.5) is 20.2 Å². The highest BCUT2D eigenvalue weighted by molar-refractivity contribution is 6.15. The maximum absolute atomic E-state index is 14.6. The van der Waals surface area contributed by atoms with Crippen LogP contribution in [0, 0.1) is 25.5 Å². The van der Waals surface area contributed by atoms with Gasteiger partial charge in [-0.2, -0.15) is 0 Å². The summed E-state index contributed by atoms with van der Waals surface area (Å²) < 4.78 is 29.1. The minimum Gasteiger partial charge on any atom is -0.507 e. The van der Waals surface area contributed by atoms with Crippen LogP contribution in [0.15, 0.2) is 70.6 Å². The average Bonchev–Trinajstić information content (AvgIpc) is 3.08. The lowest BCUT2D eigenvalue weighted by molar-refractivity contribution is 0.398. The van der Waals surface area contributed by atoms with Crippen molar-refractivity contribution in [3.63, 3.8) is 0 Å². The van der Waals surface area contributed by atoms with Crippen LogP contribution in [0.5, 0.6) is 34.5 Å². The van der Waals surface area contributed by atoms with Crippen molar-refractivity contribution in [2.75, 3.05) is 0 Å². The first-order valence-electron chi connectivity index (χ1n) is 16.7. The molecule has 0 aromatic heterocycles. The van der Waals surface area contributed by atoms with Crippen molar-refractivity contribution in [2.24, 2.45) is 9.98 Å². The van der Waals surface area contributed by atoms with E-state index in [1.807, 2.05) is 27.7 Å². The molecule has 0 aliphatic carbocycles. The fourth-order valence-corrected chi connectivity index (χ4v) is 7.01. The molecule has 6 N–H and O–H groups in total. The van der Waals surface area contributed by atoms with Gasteiger partial charge in [0, 0.05) is 45.5 Å². The molecule has 0 unspecified atom stereocenters. The summed E-state index contributed by atoms with van der Waals surface area (Å²) in [7, 11) is 0. The molecule has 0 bridgehead atoms. The predicted molar refractivity (Wildman–Crippen MR) is 202 cm³/mol. The Labute approximate surface area is 299 Å². The van der Waals surface area contributed by atoms with Gasteiger partial charge in [0.1, 0.15) is 23.1 Å². The molecule has 6 aromatic carbocycles. The number of hydrogen-bond donors (Lipinski definition) is 6. The molecule has 0 amide bonds. The molecule has 52 heavy (non-hydrogen) atoms. The summed E-state index contributed by atoms with van der Waals surface area (Å²) in [4.78, 5) is 8.46. The van der Waals surface area contributed by atoms with E-state index < -0.39 is 34.6 Å². The molecule has 0 aliphatic rings. The first kappa shape index (κ1) is 35.7. The van der Waals surface area contributed by atoms with Crippen molar-refractivity contribution in [1.82, 2.24) is 0 Å². The van der Waals surface area contributed by atoms with Crippen LogP contribution >= 0.6 is 0 Å². The number of rotatable bonds is 7. The van der Waals surface area contributed by atoms with E-state index in [4.69, 9.17) is 0 Å². The lowest BCUT2D eigenvalue weighted by Crippen LogP contribution is -2.01. The molecule has 0 spiro atoms. The molecule has 0 saturated heterocycles. The number of aryl methyl sites for hydroxylation is 2. The summed E-state index contributed by atoms with van der Waals surface area (Å²) in [6, 6.07) is 15.0. The number of aromatic hydroxyl groups is 6. The van der Waals surface area contributed by atoms with E-state index >= 15 is 0 Å². The third kappa shape index (κ3) is 5.79. The van der Waals surface area contributed by atoms with E-state index in [0.717, 1.165) is 0 Å².